The average Bonchev–Trinajstić information content (AvgIpc) is 2.89. The standard InChI is InChI=1S/C28H28N2O3/c31-27(29-18-10-3-11-19-29)25-20-30(23-16-8-9-17-24(23)33-25)28(32)26(21-12-4-1-5-13-21)22-14-6-2-7-15-22/h1-2,4-9,12-17,25-26H,3,10-11,18-20H2/t25-/m0/s1. The van der Waals surface area contributed by atoms with Gasteiger partial charge in [0.1, 0.15) is 5.75 Å². The van der Waals surface area contributed by atoms with Gasteiger partial charge in [0.2, 0.25) is 5.91 Å². The third kappa shape index (κ3) is 4.36. The molecule has 0 aromatic heterocycles. The molecule has 0 spiro atoms. The molecule has 0 bridgehead atoms. The fraction of sp³-hybridized carbons (Fsp3) is 0.286. The first-order valence-electron chi connectivity index (χ1n) is 11.7. The minimum atomic E-state index is -0.700. The number of fused-ring (bicyclic) bond motifs is 1. The van der Waals surface area contributed by atoms with Gasteiger partial charge in [-0.2, -0.15) is 0 Å². The molecule has 3 aromatic rings. The van der Waals surface area contributed by atoms with Crippen LogP contribution in [0.15, 0.2) is 84.9 Å². The quantitative estimate of drug-likeness (QED) is 0.595. The van der Waals surface area contributed by atoms with Crippen molar-refractivity contribution in [2.75, 3.05) is 24.5 Å². The van der Waals surface area contributed by atoms with Crippen molar-refractivity contribution in [3.05, 3.63) is 96.1 Å². The van der Waals surface area contributed by atoms with Crippen LogP contribution in [0, 0.1) is 0 Å². The van der Waals surface area contributed by atoms with Gasteiger partial charge in [0.15, 0.2) is 6.10 Å². The molecular formula is C28H28N2O3. The van der Waals surface area contributed by atoms with E-state index in [2.05, 4.69) is 0 Å². The summed E-state index contributed by atoms with van der Waals surface area (Å²) >= 11 is 0. The van der Waals surface area contributed by atoms with Crippen molar-refractivity contribution in [1.29, 1.82) is 0 Å². The van der Waals surface area contributed by atoms with Gasteiger partial charge in [-0.15, -0.1) is 0 Å². The molecule has 0 radical (unpaired) electrons. The number of hydrogen-bond acceptors (Lipinski definition) is 3. The van der Waals surface area contributed by atoms with E-state index >= 15 is 0 Å². The Morgan fingerprint density at radius 3 is 1.97 bits per heavy atom. The summed E-state index contributed by atoms with van der Waals surface area (Å²) in [5.41, 5.74) is 2.57. The number of benzene rings is 3. The van der Waals surface area contributed by atoms with E-state index in [1.807, 2.05) is 89.8 Å². The molecular weight excluding hydrogens is 412 g/mol. The average molecular weight is 441 g/mol. The molecule has 5 heteroatoms. The molecule has 1 saturated heterocycles. The molecule has 1 atom stereocenters. The fourth-order valence-electron chi connectivity index (χ4n) is 4.81. The van der Waals surface area contributed by atoms with E-state index in [9.17, 15) is 9.59 Å². The Balaban J connectivity index is 1.51. The van der Waals surface area contributed by atoms with Gasteiger partial charge in [-0.05, 0) is 42.5 Å². The summed E-state index contributed by atoms with van der Waals surface area (Å²) in [6, 6.07) is 27.2. The highest BCUT2D eigenvalue weighted by atomic mass is 16.5. The van der Waals surface area contributed by atoms with Gasteiger partial charge in [0.25, 0.3) is 5.91 Å². The molecule has 2 amide bonds. The highest BCUT2D eigenvalue weighted by Crippen LogP contribution is 2.37. The maximum absolute atomic E-state index is 14.2. The second kappa shape index (κ2) is 9.49. The van der Waals surface area contributed by atoms with E-state index in [0.29, 0.717) is 11.4 Å². The maximum Gasteiger partial charge on any atom is 0.265 e. The number of amides is 2. The van der Waals surface area contributed by atoms with Gasteiger partial charge in [-0.1, -0.05) is 72.8 Å². The van der Waals surface area contributed by atoms with Crippen LogP contribution in [-0.2, 0) is 9.59 Å². The second-order valence-corrected chi connectivity index (χ2v) is 8.66. The number of carbonyl (C=O) groups excluding carboxylic acids is 2. The van der Waals surface area contributed by atoms with Gasteiger partial charge in [-0.3, -0.25) is 9.59 Å². The van der Waals surface area contributed by atoms with Crippen molar-refractivity contribution in [1.82, 2.24) is 4.90 Å². The SMILES string of the molecule is O=C([C@@H]1CN(C(=O)C(c2ccccc2)c2ccccc2)c2ccccc2O1)N1CCCCC1. The van der Waals surface area contributed by atoms with E-state index < -0.39 is 12.0 Å². The Hall–Kier alpha value is -3.60. The third-order valence-electron chi connectivity index (χ3n) is 6.50. The molecule has 33 heavy (non-hydrogen) atoms. The Labute approximate surface area is 194 Å². The summed E-state index contributed by atoms with van der Waals surface area (Å²) in [7, 11) is 0. The van der Waals surface area contributed by atoms with Crippen LogP contribution in [0.25, 0.3) is 0 Å². The Morgan fingerprint density at radius 1 is 0.758 bits per heavy atom. The van der Waals surface area contributed by atoms with Crippen molar-refractivity contribution in [3.8, 4) is 5.75 Å². The van der Waals surface area contributed by atoms with Crippen molar-refractivity contribution in [2.45, 2.75) is 31.3 Å². The maximum atomic E-state index is 14.2. The summed E-state index contributed by atoms with van der Waals surface area (Å²) in [6.45, 7) is 1.72. The van der Waals surface area contributed by atoms with Gasteiger partial charge in [0, 0.05) is 13.1 Å². The number of likely N-dealkylation sites (tertiary alicyclic amines) is 1. The smallest absolute Gasteiger partial charge is 0.265 e. The molecule has 0 saturated carbocycles. The van der Waals surface area contributed by atoms with Gasteiger partial charge < -0.3 is 14.5 Å². The number of hydrogen-bond donors (Lipinski definition) is 0. The zero-order chi connectivity index (χ0) is 22.6. The van der Waals surface area contributed by atoms with Crippen LogP contribution < -0.4 is 9.64 Å². The van der Waals surface area contributed by atoms with Crippen molar-refractivity contribution >= 4 is 17.5 Å². The fourth-order valence-corrected chi connectivity index (χ4v) is 4.81. The van der Waals surface area contributed by atoms with E-state index in [4.69, 9.17) is 4.74 Å². The van der Waals surface area contributed by atoms with Crippen LogP contribution >= 0.6 is 0 Å². The number of piperidine rings is 1. The summed E-state index contributed by atoms with van der Waals surface area (Å²) in [6.07, 6.45) is 2.48. The van der Waals surface area contributed by atoms with Crippen LogP contribution in [0.5, 0.6) is 5.75 Å². The van der Waals surface area contributed by atoms with Crippen LogP contribution in [0.1, 0.15) is 36.3 Å². The number of rotatable bonds is 4. The lowest BCUT2D eigenvalue weighted by Gasteiger charge is -2.38. The molecule has 5 rings (SSSR count). The van der Waals surface area contributed by atoms with Crippen LogP contribution in [0.2, 0.25) is 0 Å². The molecule has 5 nitrogen and oxygen atoms in total. The van der Waals surface area contributed by atoms with Crippen LogP contribution in [0.4, 0.5) is 5.69 Å². The molecule has 0 aliphatic carbocycles. The lowest BCUT2D eigenvalue weighted by Crippen LogP contribution is -2.53. The third-order valence-corrected chi connectivity index (χ3v) is 6.50. The van der Waals surface area contributed by atoms with E-state index in [-0.39, 0.29) is 18.4 Å². The summed E-state index contributed by atoms with van der Waals surface area (Å²) in [5, 5.41) is 0. The minimum absolute atomic E-state index is 0.0297. The zero-order valence-electron chi connectivity index (χ0n) is 18.6. The highest BCUT2D eigenvalue weighted by molar-refractivity contribution is 6.02. The molecule has 3 aromatic carbocycles. The number of para-hydroxylation sites is 2. The van der Waals surface area contributed by atoms with E-state index in [1.54, 1.807) is 4.90 Å². The van der Waals surface area contributed by atoms with Crippen molar-refractivity contribution in [2.24, 2.45) is 0 Å². The monoisotopic (exact) mass is 440 g/mol. The molecule has 1 fully saturated rings. The van der Waals surface area contributed by atoms with Gasteiger partial charge >= 0.3 is 0 Å². The first-order valence-corrected chi connectivity index (χ1v) is 11.7. The van der Waals surface area contributed by atoms with Crippen molar-refractivity contribution in [3.63, 3.8) is 0 Å². The molecule has 0 unspecified atom stereocenters. The van der Waals surface area contributed by atoms with Crippen molar-refractivity contribution < 1.29 is 14.3 Å². The van der Waals surface area contributed by atoms with E-state index in [0.717, 1.165) is 43.5 Å². The summed E-state index contributed by atoms with van der Waals surface area (Å²) in [4.78, 5) is 31.1. The first-order chi connectivity index (χ1) is 16.2. The topological polar surface area (TPSA) is 49.9 Å². The number of ether oxygens (including phenoxy) is 1. The first kappa shape index (κ1) is 21.3. The zero-order valence-corrected chi connectivity index (χ0v) is 18.6. The predicted octanol–water partition coefficient (Wildman–Crippen LogP) is 4.63. The lowest BCUT2D eigenvalue weighted by atomic mass is 9.89. The lowest BCUT2D eigenvalue weighted by molar-refractivity contribution is -0.139. The number of anilines is 1. The Morgan fingerprint density at radius 2 is 1.33 bits per heavy atom. The van der Waals surface area contributed by atoms with Gasteiger partial charge in [0.05, 0.1) is 18.2 Å². The molecule has 0 N–H and O–H groups in total. The second-order valence-electron chi connectivity index (χ2n) is 8.66. The minimum Gasteiger partial charge on any atom is -0.476 e. The molecule has 2 aliphatic rings. The normalized spacial score (nSPS) is 17.9. The van der Waals surface area contributed by atoms with Crippen LogP contribution in [-0.4, -0.2) is 42.5 Å². The highest BCUT2D eigenvalue weighted by Gasteiger charge is 2.39. The molecule has 2 aliphatic heterocycles. The summed E-state index contributed by atoms with van der Waals surface area (Å²) < 4.78 is 6.13. The predicted molar refractivity (Wildman–Crippen MR) is 128 cm³/mol. The molecule has 2 heterocycles. The largest absolute Gasteiger partial charge is 0.476 e. The summed E-state index contributed by atoms with van der Waals surface area (Å²) in [5.74, 6) is 0.0224. The van der Waals surface area contributed by atoms with E-state index in [1.165, 1.54) is 0 Å². The number of carbonyl (C=O) groups is 2. The number of nitrogens with zero attached hydrogens (tertiary/aromatic N) is 2. The molecule has 168 valence electrons. The van der Waals surface area contributed by atoms with Crippen LogP contribution in [0.3, 0.4) is 0 Å². The Bertz CT molecular complexity index is 1070. The Kier molecular flexibility index (Phi) is 6.11. The van der Waals surface area contributed by atoms with Gasteiger partial charge in [-0.25, -0.2) is 0 Å².